The van der Waals surface area contributed by atoms with Gasteiger partial charge in [-0.2, -0.15) is 5.26 Å². The van der Waals surface area contributed by atoms with E-state index in [1.807, 2.05) is 0 Å². The topological polar surface area (TPSA) is 35.8 Å². The van der Waals surface area contributed by atoms with Crippen molar-refractivity contribution in [1.29, 1.82) is 5.26 Å². The molecule has 20 heavy (non-hydrogen) atoms. The summed E-state index contributed by atoms with van der Waals surface area (Å²) in [5.41, 5.74) is -0.231. The summed E-state index contributed by atoms with van der Waals surface area (Å²) in [4.78, 5) is 0. The lowest BCUT2D eigenvalue weighted by Crippen LogP contribution is -2.07. The summed E-state index contributed by atoms with van der Waals surface area (Å²) in [5.74, 6) is -2.23. The fraction of sp³-hybridized carbons (Fsp3) is 0.0714. The molecule has 2 aromatic carbocycles. The Morgan fingerprint density at radius 3 is 2.30 bits per heavy atom. The second kappa shape index (κ2) is 5.97. The van der Waals surface area contributed by atoms with Gasteiger partial charge in [0.25, 0.3) is 0 Å². The second-order valence-electron chi connectivity index (χ2n) is 3.98. The smallest absolute Gasteiger partial charge is 0.147 e. The van der Waals surface area contributed by atoms with E-state index in [4.69, 9.17) is 5.26 Å². The van der Waals surface area contributed by atoms with Crippen molar-refractivity contribution in [3.8, 4) is 6.07 Å². The molecule has 0 bridgehead atoms. The molecule has 0 saturated carbocycles. The molecule has 0 spiro atoms. The Balaban J connectivity index is 2.26. The van der Waals surface area contributed by atoms with Crippen LogP contribution in [0.1, 0.15) is 11.1 Å². The van der Waals surface area contributed by atoms with Crippen LogP contribution in [0.5, 0.6) is 0 Å². The predicted octanol–water partition coefficient (Wildman–Crippen LogP) is 4.35. The van der Waals surface area contributed by atoms with Crippen molar-refractivity contribution in [3.63, 3.8) is 0 Å². The number of hydrogen-bond acceptors (Lipinski definition) is 2. The molecule has 0 aliphatic carbocycles. The molecular formula is C14H8BrF3N2. The minimum Gasteiger partial charge on any atom is -0.377 e. The van der Waals surface area contributed by atoms with Crippen molar-refractivity contribution >= 4 is 21.6 Å². The maximum atomic E-state index is 13.7. The van der Waals surface area contributed by atoms with Crippen LogP contribution >= 0.6 is 15.9 Å². The van der Waals surface area contributed by atoms with Gasteiger partial charge in [-0.25, -0.2) is 13.2 Å². The summed E-state index contributed by atoms with van der Waals surface area (Å²) >= 11 is 3.15. The van der Waals surface area contributed by atoms with Gasteiger partial charge in [0.1, 0.15) is 17.5 Å². The van der Waals surface area contributed by atoms with E-state index in [0.717, 1.165) is 12.1 Å². The molecule has 0 atom stereocenters. The Morgan fingerprint density at radius 2 is 1.75 bits per heavy atom. The zero-order valence-electron chi connectivity index (χ0n) is 10.1. The maximum Gasteiger partial charge on any atom is 0.147 e. The zero-order valence-corrected chi connectivity index (χ0v) is 11.6. The van der Waals surface area contributed by atoms with E-state index < -0.39 is 17.5 Å². The Morgan fingerprint density at radius 1 is 1.10 bits per heavy atom. The van der Waals surface area contributed by atoms with Crippen LogP contribution in [0.4, 0.5) is 18.9 Å². The number of nitriles is 1. The molecule has 0 fully saturated rings. The molecule has 0 radical (unpaired) electrons. The van der Waals surface area contributed by atoms with Crippen molar-refractivity contribution in [2.24, 2.45) is 0 Å². The average Bonchev–Trinajstić information content (AvgIpc) is 2.40. The Bertz CT molecular complexity index is 652. The second-order valence-corrected chi connectivity index (χ2v) is 4.83. The van der Waals surface area contributed by atoms with E-state index in [1.165, 1.54) is 12.1 Å². The number of benzene rings is 2. The first-order valence-corrected chi connectivity index (χ1v) is 6.38. The average molecular weight is 341 g/mol. The van der Waals surface area contributed by atoms with Gasteiger partial charge in [-0.05, 0) is 40.2 Å². The van der Waals surface area contributed by atoms with Crippen LogP contribution in [0.25, 0.3) is 0 Å². The number of halogens is 4. The van der Waals surface area contributed by atoms with E-state index in [1.54, 1.807) is 12.1 Å². The lowest BCUT2D eigenvalue weighted by atomic mass is 10.1. The third kappa shape index (κ3) is 2.94. The van der Waals surface area contributed by atoms with E-state index >= 15 is 0 Å². The zero-order chi connectivity index (χ0) is 14.7. The van der Waals surface area contributed by atoms with Crippen LogP contribution in [0.3, 0.4) is 0 Å². The van der Waals surface area contributed by atoms with Gasteiger partial charge in [-0.3, -0.25) is 0 Å². The van der Waals surface area contributed by atoms with Crippen molar-refractivity contribution in [1.82, 2.24) is 0 Å². The molecule has 0 aliphatic heterocycles. The van der Waals surface area contributed by atoms with Crippen LogP contribution < -0.4 is 5.32 Å². The molecule has 2 rings (SSSR count). The van der Waals surface area contributed by atoms with Gasteiger partial charge in [-0.1, -0.05) is 6.07 Å². The number of anilines is 1. The Hall–Kier alpha value is -2.00. The molecule has 2 aromatic rings. The monoisotopic (exact) mass is 340 g/mol. The normalized spacial score (nSPS) is 10.2. The fourth-order valence-corrected chi connectivity index (χ4v) is 2.16. The lowest BCUT2D eigenvalue weighted by molar-refractivity contribution is 0.558. The Labute approximate surface area is 122 Å². The third-order valence-electron chi connectivity index (χ3n) is 2.67. The molecule has 0 aliphatic rings. The highest BCUT2D eigenvalue weighted by molar-refractivity contribution is 9.10. The molecule has 1 N–H and O–H groups in total. The predicted molar refractivity (Wildman–Crippen MR) is 72.5 cm³/mol. The molecule has 102 valence electrons. The minimum absolute atomic E-state index is 0.101. The Kier molecular flexibility index (Phi) is 4.30. The van der Waals surface area contributed by atoms with E-state index in [0.29, 0.717) is 4.47 Å². The van der Waals surface area contributed by atoms with Crippen molar-refractivity contribution in [2.45, 2.75) is 6.54 Å². The van der Waals surface area contributed by atoms with Gasteiger partial charge in [0.15, 0.2) is 0 Å². The number of hydrogen-bond donors (Lipinski definition) is 1. The van der Waals surface area contributed by atoms with Crippen LogP contribution in [0.15, 0.2) is 34.8 Å². The van der Waals surface area contributed by atoms with Crippen molar-refractivity contribution in [3.05, 3.63) is 63.4 Å². The van der Waals surface area contributed by atoms with Crippen LogP contribution in [-0.4, -0.2) is 0 Å². The van der Waals surface area contributed by atoms with Crippen LogP contribution in [-0.2, 0) is 6.54 Å². The molecule has 0 aromatic heterocycles. The van der Waals surface area contributed by atoms with Gasteiger partial charge >= 0.3 is 0 Å². The summed E-state index contributed by atoms with van der Waals surface area (Å²) < 4.78 is 41.3. The van der Waals surface area contributed by atoms with E-state index in [-0.39, 0.29) is 23.4 Å². The summed E-state index contributed by atoms with van der Waals surface area (Å²) in [7, 11) is 0. The third-order valence-corrected chi connectivity index (χ3v) is 3.34. The standard InChI is InChI=1S/C14H8BrF3N2/c15-10-2-1-3-11(16)14(10)20-7-9-12(17)4-8(6-19)5-13(9)18/h1-5,20H,7H2. The van der Waals surface area contributed by atoms with E-state index in [9.17, 15) is 13.2 Å². The largest absolute Gasteiger partial charge is 0.377 e. The first-order valence-electron chi connectivity index (χ1n) is 5.59. The molecule has 6 heteroatoms. The molecule has 2 nitrogen and oxygen atoms in total. The highest BCUT2D eigenvalue weighted by Gasteiger charge is 2.13. The number of nitrogens with zero attached hydrogens (tertiary/aromatic N) is 1. The molecule has 0 unspecified atom stereocenters. The van der Waals surface area contributed by atoms with Gasteiger partial charge in [0.2, 0.25) is 0 Å². The van der Waals surface area contributed by atoms with Gasteiger partial charge < -0.3 is 5.32 Å². The fourth-order valence-electron chi connectivity index (χ4n) is 1.68. The SMILES string of the molecule is N#Cc1cc(F)c(CNc2c(F)cccc2Br)c(F)c1. The highest BCUT2D eigenvalue weighted by Crippen LogP contribution is 2.26. The minimum atomic E-state index is -0.846. The van der Waals surface area contributed by atoms with Crippen LogP contribution in [0.2, 0.25) is 0 Å². The molecule has 0 amide bonds. The van der Waals surface area contributed by atoms with Crippen molar-refractivity contribution in [2.75, 3.05) is 5.32 Å². The summed E-state index contributed by atoms with van der Waals surface area (Å²) in [5, 5.41) is 11.2. The quantitative estimate of drug-likeness (QED) is 0.901. The molecule has 0 saturated heterocycles. The first kappa shape index (κ1) is 14.4. The highest BCUT2D eigenvalue weighted by atomic mass is 79.9. The van der Waals surface area contributed by atoms with Gasteiger partial charge in [0, 0.05) is 16.6 Å². The van der Waals surface area contributed by atoms with Gasteiger partial charge in [0.05, 0.1) is 17.3 Å². The maximum absolute atomic E-state index is 13.7. The van der Waals surface area contributed by atoms with Crippen LogP contribution in [0, 0.1) is 28.8 Å². The molecular weight excluding hydrogens is 333 g/mol. The van der Waals surface area contributed by atoms with Gasteiger partial charge in [-0.15, -0.1) is 0 Å². The number of rotatable bonds is 3. The number of nitrogens with one attached hydrogen (secondary N) is 1. The lowest BCUT2D eigenvalue weighted by Gasteiger charge is -2.11. The summed E-state index contributed by atoms with van der Waals surface area (Å²) in [6.07, 6.45) is 0. The van der Waals surface area contributed by atoms with E-state index in [2.05, 4.69) is 21.2 Å². The first-order chi connectivity index (χ1) is 9.52. The molecule has 0 heterocycles. The summed E-state index contributed by atoms with van der Waals surface area (Å²) in [6.45, 7) is -0.233. The summed E-state index contributed by atoms with van der Waals surface area (Å²) in [6, 6.07) is 7.89. The van der Waals surface area contributed by atoms with Crippen molar-refractivity contribution < 1.29 is 13.2 Å². The number of para-hydroxylation sites is 1.